The summed E-state index contributed by atoms with van der Waals surface area (Å²) in [6, 6.07) is 17.3. The molecule has 1 aliphatic rings. The third-order valence-electron chi connectivity index (χ3n) is 3.64. The zero-order chi connectivity index (χ0) is 14.1. The van der Waals surface area contributed by atoms with E-state index in [1.165, 1.54) is 0 Å². The number of carbonyl (C=O) groups is 1. The Morgan fingerprint density at radius 3 is 2.30 bits per heavy atom. The van der Waals surface area contributed by atoms with Crippen LogP contribution in [0.4, 0.5) is 5.69 Å². The van der Waals surface area contributed by atoms with Gasteiger partial charge in [0.2, 0.25) is 5.91 Å². The molecular weight excluding hydrogens is 270 g/mol. The first-order valence-corrected chi connectivity index (χ1v) is 6.86. The number of hydrogen-bond acceptors (Lipinski definition) is 1. The molecule has 0 aliphatic carbocycles. The Morgan fingerprint density at radius 1 is 1.05 bits per heavy atom. The Labute approximate surface area is 123 Å². The van der Waals surface area contributed by atoms with E-state index in [0.29, 0.717) is 5.02 Å². The van der Waals surface area contributed by atoms with Crippen LogP contribution >= 0.6 is 11.6 Å². The fourth-order valence-electron chi connectivity index (χ4n) is 2.63. The highest BCUT2D eigenvalue weighted by Crippen LogP contribution is 2.43. The summed E-state index contributed by atoms with van der Waals surface area (Å²) in [5.74, 6) is -0.0810. The summed E-state index contributed by atoms with van der Waals surface area (Å²) in [5.41, 5.74) is 1.98. The lowest BCUT2D eigenvalue weighted by Crippen LogP contribution is -2.54. The van der Waals surface area contributed by atoms with Crippen LogP contribution in [0, 0.1) is 5.92 Å². The van der Waals surface area contributed by atoms with E-state index in [1.807, 2.05) is 59.5 Å². The van der Waals surface area contributed by atoms with Crippen molar-refractivity contribution in [2.45, 2.75) is 6.04 Å². The standard InChI is InChI=1S/C17H14ClNO/c1-2-15-16(12-8-10-13(18)11-9-12)19(17(15)20)14-6-4-3-5-7-14/h2-11,15-16H,1H2/t15-,16-/m1/s1. The van der Waals surface area contributed by atoms with Crippen molar-refractivity contribution in [3.8, 4) is 0 Å². The number of rotatable bonds is 3. The number of β-lactam (4-membered cyclic amide) rings is 1. The Hall–Kier alpha value is -2.06. The van der Waals surface area contributed by atoms with Gasteiger partial charge in [-0.2, -0.15) is 0 Å². The molecule has 2 nitrogen and oxygen atoms in total. The lowest BCUT2D eigenvalue weighted by molar-refractivity contribution is -0.128. The van der Waals surface area contributed by atoms with Crippen molar-refractivity contribution in [3.63, 3.8) is 0 Å². The van der Waals surface area contributed by atoms with Crippen molar-refractivity contribution in [1.29, 1.82) is 0 Å². The van der Waals surface area contributed by atoms with Gasteiger partial charge in [0.05, 0.1) is 12.0 Å². The van der Waals surface area contributed by atoms with Crippen molar-refractivity contribution in [2.75, 3.05) is 4.90 Å². The number of halogens is 1. The minimum absolute atomic E-state index is 0.000309. The predicted octanol–water partition coefficient (Wildman–Crippen LogP) is 4.23. The normalized spacial score (nSPS) is 21.4. The molecule has 0 aromatic heterocycles. The minimum Gasteiger partial charge on any atom is -0.303 e. The molecule has 1 amide bonds. The summed E-state index contributed by atoms with van der Waals surface area (Å²) < 4.78 is 0. The number of carbonyl (C=O) groups excluding carboxylic acids is 1. The van der Waals surface area contributed by atoms with Crippen LogP contribution in [0.25, 0.3) is 0 Å². The summed E-state index contributed by atoms with van der Waals surface area (Å²) in [5, 5.41) is 0.695. The molecule has 3 rings (SSSR count). The molecule has 2 aromatic carbocycles. The Morgan fingerprint density at radius 2 is 1.70 bits per heavy atom. The first kappa shape index (κ1) is 12.9. The van der Waals surface area contributed by atoms with Crippen LogP contribution in [0.15, 0.2) is 67.3 Å². The first-order valence-electron chi connectivity index (χ1n) is 6.48. The third-order valence-corrected chi connectivity index (χ3v) is 3.89. The van der Waals surface area contributed by atoms with E-state index in [9.17, 15) is 4.79 Å². The number of benzene rings is 2. The van der Waals surface area contributed by atoms with Crippen LogP contribution in [0.3, 0.4) is 0 Å². The number of anilines is 1. The highest BCUT2D eigenvalue weighted by Gasteiger charge is 2.46. The second-order valence-electron chi connectivity index (χ2n) is 4.80. The molecular formula is C17H14ClNO. The molecule has 0 N–H and O–H groups in total. The van der Waals surface area contributed by atoms with Crippen molar-refractivity contribution in [3.05, 3.63) is 77.8 Å². The van der Waals surface area contributed by atoms with Gasteiger partial charge in [-0.1, -0.05) is 48.0 Å². The molecule has 20 heavy (non-hydrogen) atoms. The molecule has 3 heteroatoms. The third kappa shape index (κ3) is 2.02. The summed E-state index contributed by atoms with van der Waals surface area (Å²) in [4.78, 5) is 14.1. The quantitative estimate of drug-likeness (QED) is 0.610. The molecule has 0 unspecified atom stereocenters. The summed E-state index contributed by atoms with van der Waals surface area (Å²) in [7, 11) is 0. The highest BCUT2D eigenvalue weighted by molar-refractivity contribution is 6.30. The van der Waals surface area contributed by atoms with E-state index < -0.39 is 0 Å². The van der Waals surface area contributed by atoms with Gasteiger partial charge < -0.3 is 4.90 Å². The Bertz CT molecular complexity index is 636. The molecule has 100 valence electrons. The lowest BCUT2D eigenvalue weighted by atomic mass is 9.82. The monoisotopic (exact) mass is 283 g/mol. The van der Waals surface area contributed by atoms with Crippen molar-refractivity contribution in [1.82, 2.24) is 0 Å². The van der Waals surface area contributed by atoms with Crippen LogP contribution in [0.1, 0.15) is 11.6 Å². The SMILES string of the molecule is C=C[C@H]1C(=O)N(c2ccccc2)[C@@H]1c1ccc(Cl)cc1. The summed E-state index contributed by atoms with van der Waals surface area (Å²) in [6.45, 7) is 3.78. The fourth-order valence-corrected chi connectivity index (χ4v) is 2.76. The molecule has 0 radical (unpaired) electrons. The van der Waals surface area contributed by atoms with E-state index in [1.54, 1.807) is 6.08 Å². The highest BCUT2D eigenvalue weighted by atomic mass is 35.5. The van der Waals surface area contributed by atoms with Gasteiger partial charge in [-0.25, -0.2) is 0 Å². The van der Waals surface area contributed by atoms with E-state index in [-0.39, 0.29) is 17.9 Å². The second kappa shape index (κ2) is 5.14. The predicted molar refractivity (Wildman–Crippen MR) is 81.8 cm³/mol. The van der Waals surface area contributed by atoms with Crippen LogP contribution in [-0.4, -0.2) is 5.91 Å². The molecule has 0 bridgehead atoms. The molecule has 0 saturated carbocycles. The van der Waals surface area contributed by atoms with Gasteiger partial charge in [0.25, 0.3) is 0 Å². The number of nitrogens with zero attached hydrogens (tertiary/aromatic N) is 1. The van der Waals surface area contributed by atoms with Gasteiger partial charge in [0, 0.05) is 10.7 Å². The molecule has 0 spiro atoms. The minimum atomic E-state index is -0.170. The smallest absolute Gasteiger partial charge is 0.236 e. The average molecular weight is 284 g/mol. The van der Waals surface area contributed by atoms with Gasteiger partial charge in [0.15, 0.2) is 0 Å². The summed E-state index contributed by atoms with van der Waals surface area (Å²) in [6.07, 6.45) is 1.72. The number of hydrogen-bond donors (Lipinski definition) is 0. The van der Waals surface area contributed by atoms with Crippen LogP contribution < -0.4 is 4.90 Å². The molecule has 1 aliphatic heterocycles. The van der Waals surface area contributed by atoms with Crippen LogP contribution in [0.2, 0.25) is 5.02 Å². The second-order valence-corrected chi connectivity index (χ2v) is 5.24. The van der Waals surface area contributed by atoms with Crippen LogP contribution in [0.5, 0.6) is 0 Å². The van der Waals surface area contributed by atoms with E-state index >= 15 is 0 Å². The topological polar surface area (TPSA) is 20.3 Å². The van der Waals surface area contributed by atoms with Gasteiger partial charge in [-0.05, 0) is 29.8 Å². The molecule has 1 saturated heterocycles. The van der Waals surface area contributed by atoms with Gasteiger partial charge in [-0.15, -0.1) is 6.58 Å². The van der Waals surface area contributed by atoms with E-state index in [4.69, 9.17) is 11.6 Å². The van der Waals surface area contributed by atoms with E-state index in [0.717, 1.165) is 11.3 Å². The molecule has 1 heterocycles. The van der Waals surface area contributed by atoms with Crippen molar-refractivity contribution in [2.24, 2.45) is 5.92 Å². The maximum atomic E-state index is 12.3. The largest absolute Gasteiger partial charge is 0.303 e. The molecule has 2 atom stereocenters. The van der Waals surface area contributed by atoms with Crippen molar-refractivity contribution < 1.29 is 4.79 Å². The Kier molecular flexibility index (Phi) is 3.33. The Balaban J connectivity index is 1.99. The maximum Gasteiger partial charge on any atom is 0.236 e. The fraction of sp³-hybridized carbons (Fsp3) is 0.118. The van der Waals surface area contributed by atoms with Crippen LogP contribution in [-0.2, 0) is 4.79 Å². The van der Waals surface area contributed by atoms with Gasteiger partial charge in [0.1, 0.15) is 0 Å². The maximum absolute atomic E-state index is 12.3. The molecule has 2 aromatic rings. The number of para-hydroxylation sites is 1. The number of amides is 1. The summed E-state index contributed by atoms with van der Waals surface area (Å²) >= 11 is 5.93. The molecule has 1 fully saturated rings. The zero-order valence-electron chi connectivity index (χ0n) is 10.9. The first-order chi connectivity index (χ1) is 9.72. The zero-order valence-corrected chi connectivity index (χ0v) is 11.6. The lowest BCUT2D eigenvalue weighted by Gasteiger charge is -2.46. The van der Waals surface area contributed by atoms with E-state index in [2.05, 4.69) is 6.58 Å². The average Bonchev–Trinajstić information content (AvgIpc) is 2.47. The van der Waals surface area contributed by atoms with Gasteiger partial charge in [-0.3, -0.25) is 4.79 Å². The van der Waals surface area contributed by atoms with Gasteiger partial charge >= 0.3 is 0 Å². The van der Waals surface area contributed by atoms with Crippen molar-refractivity contribution >= 4 is 23.2 Å².